The molecule has 0 bridgehead atoms. The molecule has 1 heterocycles. The molecule has 0 aliphatic rings. The molecule has 2 aromatic carbocycles. The molecule has 112 valence electrons. The van der Waals surface area contributed by atoms with E-state index in [0.717, 1.165) is 16.7 Å². The van der Waals surface area contributed by atoms with Gasteiger partial charge in [0, 0.05) is 5.56 Å². The van der Waals surface area contributed by atoms with Gasteiger partial charge in [-0.15, -0.1) is 0 Å². The summed E-state index contributed by atoms with van der Waals surface area (Å²) in [6.45, 7) is 3.89. The fourth-order valence-corrected chi connectivity index (χ4v) is 2.10. The second-order valence-corrected chi connectivity index (χ2v) is 5.05. The summed E-state index contributed by atoms with van der Waals surface area (Å²) in [5.74, 6) is 0.580. The molecule has 0 aliphatic heterocycles. The van der Waals surface area contributed by atoms with Crippen LogP contribution in [0, 0.1) is 19.7 Å². The number of ether oxygens (including phenoxy) is 1. The molecular weight excluding hydrogens is 283 g/mol. The molecule has 0 spiro atoms. The number of halogens is 1. The molecule has 0 saturated heterocycles. The first-order valence-electron chi connectivity index (χ1n) is 6.91. The topological polar surface area (TPSA) is 48.2 Å². The first-order valence-corrected chi connectivity index (χ1v) is 6.91. The summed E-state index contributed by atoms with van der Waals surface area (Å²) in [6, 6.07) is 12.4. The molecule has 0 aliphatic carbocycles. The molecular formula is C17H15FN2O2. The van der Waals surface area contributed by atoms with Crippen LogP contribution in [0.4, 0.5) is 4.39 Å². The molecule has 0 unspecified atom stereocenters. The Morgan fingerprint density at radius 3 is 2.77 bits per heavy atom. The maximum Gasteiger partial charge on any atom is 0.258 e. The lowest BCUT2D eigenvalue weighted by molar-refractivity contribution is 0.273. The highest BCUT2D eigenvalue weighted by molar-refractivity contribution is 5.57. The lowest BCUT2D eigenvalue weighted by Crippen LogP contribution is -1.99. The van der Waals surface area contributed by atoms with Crippen molar-refractivity contribution in [2.75, 3.05) is 0 Å². The number of rotatable bonds is 4. The van der Waals surface area contributed by atoms with Crippen molar-refractivity contribution in [3.63, 3.8) is 0 Å². The molecule has 0 saturated carbocycles. The Morgan fingerprint density at radius 1 is 1.14 bits per heavy atom. The van der Waals surface area contributed by atoms with Crippen molar-refractivity contribution >= 4 is 0 Å². The van der Waals surface area contributed by atoms with Crippen molar-refractivity contribution in [1.29, 1.82) is 0 Å². The van der Waals surface area contributed by atoms with Gasteiger partial charge in [0.25, 0.3) is 5.89 Å². The predicted molar refractivity (Wildman–Crippen MR) is 79.9 cm³/mol. The molecule has 3 aromatic rings. The summed E-state index contributed by atoms with van der Waals surface area (Å²) in [5, 5.41) is 3.87. The molecule has 0 amide bonds. The van der Waals surface area contributed by atoms with Crippen molar-refractivity contribution in [3.05, 3.63) is 65.2 Å². The van der Waals surface area contributed by atoms with Crippen LogP contribution in [-0.2, 0) is 6.61 Å². The summed E-state index contributed by atoms with van der Waals surface area (Å²) in [7, 11) is 0. The molecule has 1 aromatic heterocycles. The van der Waals surface area contributed by atoms with Crippen molar-refractivity contribution in [2.24, 2.45) is 0 Å². The molecule has 5 heteroatoms. The zero-order valence-electron chi connectivity index (χ0n) is 12.3. The third kappa shape index (κ3) is 2.98. The number of aryl methyl sites for hydroxylation is 2. The van der Waals surface area contributed by atoms with Crippen LogP contribution in [0.3, 0.4) is 0 Å². The normalized spacial score (nSPS) is 10.7. The zero-order chi connectivity index (χ0) is 15.5. The van der Waals surface area contributed by atoms with Gasteiger partial charge >= 0.3 is 0 Å². The minimum Gasteiger partial charge on any atom is -0.482 e. The lowest BCUT2D eigenvalue weighted by Gasteiger charge is -2.05. The van der Waals surface area contributed by atoms with E-state index in [4.69, 9.17) is 9.26 Å². The van der Waals surface area contributed by atoms with Crippen LogP contribution in [0.5, 0.6) is 5.75 Å². The number of benzene rings is 2. The van der Waals surface area contributed by atoms with E-state index in [1.807, 2.05) is 38.1 Å². The average molecular weight is 298 g/mol. The maximum absolute atomic E-state index is 13.6. The summed E-state index contributed by atoms with van der Waals surface area (Å²) < 4.78 is 24.3. The van der Waals surface area contributed by atoms with E-state index in [1.165, 1.54) is 6.07 Å². The molecule has 0 fully saturated rings. The van der Waals surface area contributed by atoms with Crippen molar-refractivity contribution in [1.82, 2.24) is 10.1 Å². The minimum atomic E-state index is -0.409. The average Bonchev–Trinajstić information content (AvgIpc) is 2.97. The van der Waals surface area contributed by atoms with Crippen molar-refractivity contribution < 1.29 is 13.7 Å². The highest BCUT2D eigenvalue weighted by Gasteiger charge is 2.12. The van der Waals surface area contributed by atoms with Crippen LogP contribution in [0.2, 0.25) is 0 Å². The first kappa shape index (κ1) is 14.3. The van der Waals surface area contributed by atoms with Gasteiger partial charge in [0.05, 0.1) is 0 Å². The fraction of sp³-hybridized carbons (Fsp3) is 0.176. The van der Waals surface area contributed by atoms with E-state index in [0.29, 0.717) is 11.7 Å². The number of aromatic nitrogens is 2. The van der Waals surface area contributed by atoms with E-state index < -0.39 is 5.82 Å². The van der Waals surface area contributed by atoms with Crippen LogP contribution in [-0.4, -0.2) is 10.1 Å². The van der Waals surface area contributed by atoms with Gasteiger partial charge in [0.1, 0.15) is 0 Å². The van der Waals surface area contributed by atoms with Gasteiger partial charge in [0.15, 0.2) is 18.2 Å². The highest BCUT2D eigenvalue weighted by Crippen LogP contribution is 2.22. The van der Waals surface area contributed by atoms with Gasteiger partial charge in [-0.25, -0.2) is 4.39 Å². The Kier molecular flexibility index (Phi) is 3.87. The summed E-state index contributed by atoms with van der Waals surface area (Å²) in [4.78, 5) is 4.28. The Bertz CT molecular complexity index is 799. The second-order valence-electron chi connectivity index (χ2n) is 5.05. The number of nitrogens with zero attached hydrogens (tertiary/aromatic N) is 2. The Hall–Kier alpha value is -2.69. The van der Waals surface area contributed by atoms with Gasteiger partial charge in [0.2, 0.25) is 5.82 Å². The fourth-order valence-electron chi connectivity index (χ4n) is 2.10. The van der Waals surface area contributed by atoms with Crippen LogP contribution in [0.25, 0.3) is 11.5 Å². The summed E-state index contributed by atoms with van der Waals surface area (Å²) in [6.07, 6.45) is 0. The standard InChI is InChI=1S/C17H15FN2O2/c1-11-7-8-14(18)15(9-11)21-10-16-19-17(22-20-16)13-6-4-3-5-12(13)2/h3-9H,10H2,1-2H3. The zero-order valence-corrected chi connectivity index (χ0v) is 12.3. The molecule has 0 atom stereocenters. The maximum atomic E-state index is 13.6. The predicted octanol–water partition coefficient (Wildman–Crippen LogP) is 4.07. The monoisotopic (exact) mass is 298 g/mol. The largest absolute Gasteiger partial charge is 0.482 e. The Balaban J connectivity index is 1.75. The lowest BCUT2D eigenvalue weighted by atomic mass is 10.1. The van der Waals surface area contributed by atoms with Crippen molar-refractivity contribution in [2.45, 2.75) is 20.5 Å². The SMILES string of the molecule is Cc1ccc(F)c(OCc2noc(-c3ccccc3C)n2)c1. The minimum absolute atomic E-state index is 0.0513. The highest BCUT2D eigenvalue weighted by atomic mass is 19.1. The Morgan fingerprint density at radius 2 is 1.95 bits per heavy atom. The Labute approximate surface area is 127 Å². The summed E-state index contributed by atoms with van der Waals surface area (Å²) >= 11 is 0. The van der Waals surface area contributed by atoms with Gasteiger partial charge in [-0.2, -0.15) is 4.98 Å². The molecule has 22 heavy (non-hydrogen) atoms. The third-order valence-electron chi connectivity index (χ3n) is 3.29. The first-order chi connectivity index (χ1) is 10.6. The van der Waals surface area contributed by atoms with E-state index in [9.17, 15) is 4.39 Å². The van der Waals surface area contributed by atoms with E-state index in [1.54, 1.807) is 12.1 Å². The molecule has 0 radical (unpaired) electrons. The van der Waals surface area contributed by atoms with Crippen LogP contribution >= 0.6 is 0 Å². The molecule has 4 nitrogen and oxygen atoms in total. The second kappa shape index (κ2) is 5.97. The van der Waals surface area contributed by atoms with E-state index in [2.05, 4.69) is 10.1 Å². The number of hydrogen-bond donors (Lipinski definition) is 0. The van der Waals surface area contributed by atoms with Gasteiger partial charge < -0.3 is 9.26 Å². The molecule has 0 N–H and O–H groups in total. The van der Waals surface area contributed by atoms with Gasteiger partial charge in [-0.3, -0.25) is 0 Å². The number of hydrogen-bond acceptors (Lipinski definition) is 4. The van der Waals surface area contributed by atoms with Crippen LogP contribution < -0.4 is 4.74 Å². The smallest absolute Gasteiger partial charge is 0.258 e. The molecule has 3 rings (SSSR count). The van der Waals surface area contributed by atoms with Gasteiger partial charge in [-0.05, 0) is 43.2 Å². The van der Waals surface area contributed by atoms with Gasteiger partial charge in [-0.1, -0.05) is 29.4 Å². The third-order valence-corrected chi connectivity index (χ3v) is 3.29. The van der Waals surface area contributed by atoms with Crippen LogP contribution in [0.15, 0.2) is 47.0 Å². The van der Waals surface area contributed by atoms with Crippen LogP contribution in [0.1, 0.15) is 17.0 Å². The van der Waals surface area contributed by atoms with Crippen molar-refractivity contribution in [3.8, 4) is 17.2 Å². The van der Waals surface area contributed by atoms with E-state index >= 15 is 0 Å². The summed E-state index contributed by atoms with van der Waals surface area (Å²) in [5.41, 5.74) is 2.84. The van der Waals surface area contributed by atoms with E-state index in [-0.39, 0.29) is 12.4 Å². The quantitative estimate of drug-likeness (QED) is 0.728.